The van der Waals surface area contributed by atoms with Crippen molar-refractivity contribution in [1.29, 1.82) is 0 Å². The van der Waals surface area contributed by atoms with Crippen molar-refractivity contribution in [3.63, 3.8) is 0 Å². The molecule has 33 heavy (non-hydrogen) atoms. The van der Waals surface area contributed by atoms with Crippen LogP contribution in [0, 0.1) is 23.7 Å². The van der Waals surface area contributed by atoms with Gasteiger partial charge < -0.3 is 19.3 Å². The highest BCUT2D eigenvalue weighted by Gasteiger charge is 2.62. The van der Waals surface area contributed by atoms with Gasteiger partial charge in [-0.15, -0.1) is 0 Å². The average molecular weight is 469 g/mol. The molecule has 6 nitrogen and oxygen atoms in total. The summed E-state index contributed by atoms with van der Waals surface area (Å²) in [5, 5.41) is 10.9. The van der Waals surface area contributed by atoms with E-state index in [1.165, 1.54) is 0 Å². The van der Waals surface area contributed by atoms with Crippen molar-refractivity contribution in [3.8, 4) is 0 Å². The highest BCUT2D eigenvalue weighted by Crippen LogP contribution is 2.61. The molecule has 0 amide bonds. The molecule has 0 aromatic heterocycles. The first-order valence-corrected chi connectivity index (χ1v) is 12.6. The maximum Gasteiger partial charge on any atom is 0.377 e. The Balaban J connectivity index is 1.12. The maximum atomic E-state index is 13.5. The van der Waals surface area contributed by atoms with Crippen LogP contribution in [0.4, 0.5) is 8.78 Å². The third-order valence-electron chi connectivity index (χ3n) is 9.42. The van der Waals surface area contributed by atoms with E-state index in [1.54, 1.807) is 0 Å². The molecule has 8 heteroatoms. The van der Waals surface area contributed by atoms with Gasteiger partial charge in [0, 0.05) is 19.8 Å². The molecule has 0 aliphatic heterocycles. The summed E-state index contributed by atoms with van der Waals surface area (Å²) in [6, 6.07) is 0. The molecule has 0 aromatic carbocycles. The van der Waals surface area contributed by atoms with Crippen molar-refractivity contribution < 1.29 is 37.7 Å². The average Bonchev–Trinajstić information content (AvgIpc) is 2.62. The number of esters is 2. The molecular formula is C25H34F2O6. The number of carbonyl (C=O) groups excluding carboxylic acids is 2. The fourth-order valence-electron chi connectivity index (χ4n) is 9.40. The normalized spacial score (nSPS) is 49.3. The second-order valence-corrected chi connectivity index (χ2v) is 12.7. The predicted molar refractivity (Wildman–Crippen MR) is 111 cm³/mol. The number of ether oxygens (including phenoxy) is 3. The lowest BCUT2D eigenvalue weighted by atomic mass is 9.52. The molecule has 0 radical (unpaired) electrons. The second-order valence-electron chi connectivity index (χ2n) is 12.7. The van der Waals surface area contributed by atoms with Crippen molar-refractivity contribution in [2.75, 3.05) is 6.61 Å². The molecule has 0 aromatic rings. The SMILES string of the molecule is CC(F)(F)C(=O)OC12CC3CC(CC(OCC(=O)OC45CC6CC(CC(O)(C6)C4)C5)(C3)C1)C2. The van der Waals surface area contributed by atoms with E-state index in [1.807, 2.05) is 0 Å². The van der Waals surface area contributed by atoms with Crippen LogP contribution in [0.1, 0.15) is 84.0 Å². The standard InChI is InChI=1S/C25H34F2O6/c1-21(26,27)20(29)33-25-10-17-3-18(11-25)7-23(6-17,14-25)31-12-19(28)32-24-8-15-2-16(9-24)5-22(30,4-15)13-24/h15-18,30H,2-14H2,1H3. The minimum atomic E-state index is -3.52. The van der Waals surface area contributed by atoms with E-state index >= 15 is 0 Å². The summed E-state index contributed by atoms with van der Waals surface area (Å²) in [7, 11) is 0. The Morgan fingerprint density at radius 1 is 0.818 bits per heavy atom. The Morgan fingerprint density at radius 2 is 1.30 bits per heavy atom. The lowest BCUT2D eigenvalue weighted by molar-refractivity contribution is -0.250. The van der Waals surface area contributed by atoms with Gasteiger partial charge in [0.25, 0.3) is 0 Å². The van der Waals surface area contributed by atoms with Gasteiger partial charge in [-0.05, 0) is 87.9 Å². The van der Waals surface area contributed by atoms with Crippen LogP contribution in [-0.2, 0) is 23.8 Å². The molecule has 1 N–H and O–H groups in total. The summed E-state index contributed by atoms with van der Waals surface area (Å²) < 4.78 is 44.8. The number of halogens is 2. The van der Waals surface area contributed by atoms with Crippen LogP contribution in [0.2, 0.25) is 0 Å². The Morgan fingerprint density at radius 3 is 1.82 bits per heavy atom. The molecule has 8 bridgehead atoms. The van der Waals surface area contributed by atoms with Gasteiger partial charge in [0.2, 0.25) is 0 Å². The first-order valence-electron chi connectivity index (χ1n) is 12.6. The molecule has 8 aliphatic carbocycles. The molecule has 8 fully saturated rings. The third kappa shape index (κ3) is 3.89. The van der Waals surface area contributed by atoms with Crippen LogP contribution in [0.15, 0.2) is 0 Å². The van der Waals surface area contributed by atoms with Crippen LogP contribution in [0.5, 0.6) is 0 Å². The number of alkyl halides is 2. The van der Waals surface area contributed by atoms with Crippen molar-refractivity contribution >= 4 is 11.9 Å². The highest BCUT2D eigenvalue weighted by molar-refractivity contribution is 5.77. The first kappa shape index (κ1) is 22.2. The number of carbonyl (C=O) groups is 2. The van der Waals surface area contributed by atoms with Crippen LogP contribution < -0.4 is 0 Å². The fraction of sp³-hybridized carbons (Fsp3) is 0.920. The summed E-state index contributed by atoms with van der Waals surface area (Å²) in [6.07, 6.45) is 8.91. The Hall–Kier alpha value is -1.28. The molecule has 0 heterocycles. The van der Waals surface area contributed by atoms with Crippen molar-refractivity contribution in [2.24, 2.45) is 23.7 Å². The number of rotatable bonds is 6. The van der Waals surface area contributed by atoms with E-state index in [0.717, 1.165) is 51.4 Å². The lowest BCUT2D eigenvalue weighted by Gasteiger charge is -2.60. The van der Waals surface area contributed by atoms with Gasteiger partial charge in [0.1, 0.15) is 17.8 Å². The molecule has 0 saturated heterocycles. The van der Waals surface area contributed by atoms with Gasteiger partial charge in [-0.2, -0.15) is 8.78 Å². The summed E-state index contributed by atoms with van der Waals surface area (Å²) in [5.74, 6) is -4.08. The molecular weight excluding hydrogens is 434 g/mol. The number of hydrogen-bond donors (Lipinski definition) is 1. The first-order chi connectivity index (χ1) is 15.4. The Kier molecular flexibility index (Phi) is 4.64. The van der Waals surface area contributed by atoms with E-state index < -0.39 is 40.3 Å². The second kappa shape index (κ2) is 6.90. The quantitative estimate of drug-likeness (QED) is 0.595. The van der Waals surface area contributed by atoms with E-state index in [0.29, 0.717) is 44.4 Å². The van der Waals surface area contributed by atoms with Crippen LogP contribution in [0.25, 0.3) is 0 Å². The molecule has 184 valence electrons. The zero-order valence-corrected chi connectivity index (χ0v) is 19.2. The smallest absolute Gasteiger partial charge is 0.377 e. The maximum absolute atomic E-state index is 13.5. The lowest BCUT2D eigenvalue weighted by Crippen LogP contribution is -2.62. The van der Waals surface area contributed by atoms with Crippen molar-refractivity contribution in [1.82, 2.24) is 0 Å². The van der Waals surface area contributed by atoms with Crippen LogP contribution in [0.3, 0.4) is 0 Å². The van der Waals surface area contributed by atoms with E-state index in [2.05, 4.69) is 0 Å². The van der Waals surface area contributed by atoms with Gasteiger partial charge in [-0.3, -0.25) is 0 Å². The topological polar surface area (TPSA) is 82.1 Å². The summed E-state index contributed by atoms with van der Waals surface area (Å²) in [4.78, 5) is 24.9. The van der Waals surface area contributed by atoms with Gasteiger partial charge in [0.15, 0.2) is 0 Å². The summed E-state index contributed by atoms with van der Waals surface area (Å²) in [6.45, 7) is 0.377. The molecule has 8 saturated carbocycles. The van der Waals surface area contributed by atoms with E-state index in [9.17, 15) is 23.5 Å². The zero-order valence-electron chi connectivity index (χ0n) is 19.2. The third-order valence-corrected chi connectivity index (χ3v) is 9.42. The van der Waals surface area contributed by atoms with Crippen molar-refractivity contribution in [3.05, 3.63) is 0 Å². The van der Waals surface area contributed by atoms with Crippen LogP contribution >= 0.6 is 0 Å². The fourth-order valence-corrected chi connectivity index (χ4v) is 9.40. The van der Waals surface area contributed by atoms with Gasteiger partial charge in [-0.25, -0.2) is 9.59 Å². The van der Waals surface area contributed by atoms with Gasteiger partial charge in [-0.1, -0.05) is 0 Å². The Labute approximate surface area is 192 Å². The monoisotopic (exact) mass is 468 g/mol. The minimum Gasteiger partial charge on any atom is -0.457 e. The minimum absolute atomic E-state index is 0.192. The molecule has 8 aliphatic rings. The zero-order chi connectivity index (χ0) is 23.3. The summed E-state index contributed by atoms with van der Waals surface area (Å²) >= 11 is 0. The van der Waals surface area contributed by atoms with E-state index in [-0.39, 0.29) is 18.4 Å². The molecule has 8 rings (SSSR count). The van der Waals surface area contributed by atoms with Gasteiger partial charge in [0.05, 0.1) is 11.2 Å². The molecule has 4 unspecified atom stereocenters. The Bertz CT molecular complexity index is 837. The molecule has 4 atom stereocenters. The number of hydrogen-bond acceptors (Lipinski definition) is 6. The highest BCUT2D eigenvalue weighted by atomic mass is 19.3. The summed E-state index contributed by atoms with van der Waals surface area (Å²) in [5.41, 5.74) is -2.84. The number of aliphatic hydroxyl groups is 1. The van der Waals surface area contributed by atoms with E-state index in [4.69, 9.17) is 14.2 Å². The van der Waals surface area contributed by atoms with Gasteiger partial charge >= 0.3 is 17.9 Å². The predicted octanol–water partition coefficient (Wildman–Crippen LogP) is 3.92. The van der Waals surface area contributed by atoms with Crippen LogP contribution in [-0.4, -0.2) is 52.0 Å². The molecule has 0 spiro atoms. The largest absolute Gasteiger partial charge is 0.457 e. The van der Waals surface area contributed by atoms with Crippen molar-refractivity contribution in [2.45, 2.75) is 112 Å².